The molecule has 1 aliphatic carbocycles. The Morgan fingerprint density at radius 3 is 2.55 bits per heavy atom. The van der Waals surface area contributed by atoms with E-state index in [1.54, 1.807) is 0 Å². The van der Waals surface area contributed by atoms with Crippen molar-refractivity contribution in [1.29, 1.82) is 0 Å². The molecule has 5 rings (SSSR count). The molecule has 5 heteroatoms. The summed E-state index contributed by atoms with van der Waals surface area (Å²) in [5.41, 5.74) is 5.67. The molecule has 1 amide bonds. The number of anilines is 1. The van der Waals surface area contributed by atoms with Crippen LogP contribution in [0.1, 0.15) is 47.6 Å². The molecule has 2 fully saturated rings. The molecule has 3 aliphatic rings. The van der Waals surface area contributed by atoms with Crippen molar-refractivity contribution in [2.45, 2.75) is 51.2 Å². The SMILES string of the molecule is Cc1cc2c(cc1C)C(O)C(CN1CCC3(CC1)C(=O)NCN3c1ccccc1)CC2. The average molecular weight is 420 g/mol. The highest BCUT2D eigenvalue weighted by atomic mass is 16.3. The van der Waals surface area contributed by atoms with E-state index >= 15 is 0 Å². The normalized spacial score (nSPS) is 25.5. The molecule has 2 aromatic rings. The summed E-state index contributed by atoms with van der Waals surface area (Å²) in [6, 6.07) is 14.7. The zero-order valence-corrected chi connectivity index (χ0v) is 18.6. The first kappa shape index (κ1) is 20.5. The zero-order chi connectivity index (χ0) is 21.6. The van der Waals surface area contributed by atoms with Crippen molar-refractivity contribution in [3.8, 4) is 0 Å². The molecule has 0 aromatic heterocycles. The van der Waals surface area contributed by atoms with Gasteiger partial charge in [0.15, 0.2) is 0 Å². The maximum absolute atomic E-state index is 12.9. The largest absolute Gasteiger partial charge is 0.388 e. The van der Waals surface area contributed by atoms with Gasteiger partial charge in [0.2, 0.25) is 5.91 Å². The summed E-state index contributed by atoms with van der Waals surface area (Å²) >= 11 is 0. The number of rotatable bonds is 3. The van der Waals surface area contributed by atoms with Crippen molar-refractivity contribution in [2.24, 2.45) is 5.92 Å². The third kappa shape index (κ3) is 3.54. The third-order valence-corrected chi connectivity index (χ3v) is 7.89. The molecule has 2 aliphatic heterocycles. The van der Waals surface area contributed by atoms with Gasteiger partial charge in [0.1, 0.15) is 5.54 Å². The molecule has 2 unspecified atom stereocenters. The Bertz CT molecular complexity index is 966. The fraction of sp³-hybridized carbons (Fsp3) is 0.500. The van der Waals surface area contributed by atoms with Gasteiger partial charge in [0.05, 0.1) is 12.8 Å². The van der Waals surface area contributed by atoms with Gasteiger partial charge in [0, 0.05) is 31.2 Å². The van der Waals surface area contributed by atoms with E-state index in [0.29, 0.717) is 6.67 Å². The molecule has 1 spiro atoms. The van der Waals surface area contributed by atoms with E-state index in [4.69, 9.17) is 0 Å². The first-order chi connectivity index (χ1) is 15.0. The van der Waals surface area contributed by atoms with Crippen LogP contribution in [0.4, 0.5) is 5.69 Å². The van der Waals surface area contributed by atoms with E-state index in [1.165, 1.54) is 16.7 Å². The van der Waals surface area contributed by atoms with Gasteiger partial charge >= 0.3 is 0 Å². The lowest BCUT2D eigenvalue weighted by Gasteiger charge is -2.44. The highest BCUT2D eigenvalue weighted by Crippen LogP contribution is 2.39. The minimum atomic E-state index is -0.440. The predicted molar refractivity (Wildman–Crippen MR) is 123 cm³/mol. The van der Waals surface area contributed by atoms with Crippen molar-refractivity contribution < 1.29 is 9.90 Å². The minimum Gasteiger partial charge on any atom is -0.388 e. The Hall–Kier alpha value is -2.37. The highest BCUT2D eigenvalue weighted by Gasteiger charge is 2.50. The average Bonchev–Trinajstić information content (AvgIpc) is 3.09. The molecule has 0 bridgehead atoms. The molecule has 2 atom stereocenters. The Morgan fingerprint density at radius 1 is 1.10 bits per heavy atom. The maximum Gasteiger partial charge on any atom is 0.247 e. The van der Waals surface area contributed by atoms with E-state index in [9.17, 15) is 9.90 Å². The second kappa shape index (κ2) is 7.95. The van der Waals surface area contributed by atoms with E-state index in [1.807, 2.05) is 18.2 Å². The quantitative estimate of drug-likeness (QED) is 0.801. The number of nitrogens with zero attached hydrogens (tertiary/aromatic N) is 2. The van der Waals surface area contributed by atoms with Gasteiger partial charge in [-0.15, -0.1) is 0 Å². The number of carbonyl (C=O) groups excluding carboxylic acids is 1. The van der Waals surface area contributed by atoms with E-state index < -0.39 is 11.6 Å². The van der Waals surface area contributed by atoms with Crippen LogP contribution in [0.25, 0.3) is 0 Å². The molecular weight excluding hydrogens is 386 g/mol. The summed E-state index contributed by atoms with van der Waals surface area (Å²) in [6.45, 7) is 7.53. The van der Waals surface area contributed by atoms with Crippen molar-refractivity contribution in [1.82, 2.24) is 10.2 Å². The number of carbonyl (C=O) groups is 1. The smallest absolute Gasteiger partial charge is 0.247 e. The number of benzene rings is 2. The van der Waals surface area contributed by atoms with Gasteiger partial charge in [0.25, 0.3) is 0 Å². The number of aliphatic hydroxyl groups excluding tert-OH is 1. The van der Waals surface area contributed by atoms with Crippen molar-refractivity contribution in [3.05, 3.63) is 64.7 Å². The molecule has 2 saturated heterocycles. The Labute approximate surface area is 185 Å². The van der Waals surface area contributed by atoms with Crippen LogP contribution in [0.15, 0.2) is 42.5 Å². The van der Waals surface area contributed by atoms with Gasteiger partial charge in [-0.25, -0.2) is 0 Å². The van der Waals surface area contributed by atoms with E-state index in [-0.39, 0.29) is 11.8 Å². The van der Waals surface area contributed by atoms with Crippen LogP contribution in [0.2, 0.25) is 0 Å². The number of hydrogen-bond acceptors (Lipinski definition) is 4. The summed E-state index contributed by atoms with van der Waals surface area (Å²) in [4.78, 5) is 17.6. The van der Waals surface area contributed by atoms with Crippen LogP contribution in [0.5, 0.6) is 0 Å². The lowest BCUT2D eigenvalue weighted by Crippen LogP contribution is -2.57. The molecule has 2 aromatic carbocycles. The minimum absolute atomic E-state index is 0.161. The number of aryl methyl sites for hydroxylation is 3. The maximum atomic E-state index is 12.9. The lowest BCUT2D eigenvalue weighted by atomic mass is 9.79. The van der Waals surface area contributed by atoms with E-state index in [0.717, 1.165) is 56.6 Å². The molecule has 2 heterocycles. The summed E-state index contributed by atoms with van der Waals surface area (Å²) in [6.07, 6.45) is 3.32. The van der Waals surface area contributed by atoms with Crippen molar-refractivity contribution >= 4 is 11.6 Å². The molecule has 0 radical (unpaired) electrons. The number of likely N-dealkylation sites (tertiary alicyclic amines) is 1. The first-order valence-corrected chi connectivity index (χ1v) is 11.6. The molecular formula is C26H33N3O2. The number of amides is 1. The van der Waals surface area contributed by atoms with Crippen LogP contribution in [0.3, 0.4) is 0 Å². The number of hydrogen-bond donors (Lipinski definition) is 2. The topological polar surface area (TPSA) is 55.8 Å². The number of fused-ring (bicyclic) bond motifs is 1. The number of para-hydroxylation sites is 1. The van der Waals surface area contributed by atoms with E-state index in [2.05, 4.69) is 53.2 Å². The molecule has 31 heavy (non-hydrogen) atoms. The fourth-order valence-electron chi connectivity index (χ4n) is 5.80. The summed E-state index contributed by atoms with van der Waals surface area (Å²) in [7, 11) is 0. The van der Waals surface area contributed by atoms with Crippen LogP contribution in [-0.4, -0.2) is 47.8 Å². The second-order valence-corrected chi connectivity index (χ2v) is 9.64. The Kier molecular flexibility index (Phi) is 5.27. The molecule has 5 nitrogen and oxygen atoms in total. The van der Waals surface area contributed by atoms with Gasteiger partial charge < -0.3 is 20.2 Å². The fourth-order valence-corrected chi connectivity index (χ4v) is 5.80. The lowest BCUT2D eigenvalue weighted by molar-refractivity contribution is -0.125. The second-order valence-electron chi connectivity index (χ2n) is 9.64. The third-order valence-electron chi connectivity index (χ3n) is 7.89. The number of nitrogens with one attached hydrogen (secondary N) is 1. The van der Waals surface area contributed by atoms with Crippen LogP contribution in [-0.2, 0) is 11.2 Å². The van der Waals surface area contributed by atoms with Crippen molar-refractivity contribution in [3.63, 3.8) is 0 Å². The predicted octanol–water partition coefficient (Wildman–Crippen LogP) is 3.33. The van der Waals surface area contributed by atoms with Gasteiger partial charge in [-0.1, -0.05) is 30.3 Å². The summed E-state index contributed by atoms with van der Waals surface area (Å²) in [5.74, 6) is 0.416. The van der Waals surface area contributed by atoms with Crippen molar-refractivity contribution in [2.75, 3.05) is 31.2 Å². The van der Waals surface area contributed by atoms with Crippen LogP contribution >= 0.6 is 0 Å². The standard InChI is InChI=1S/C26H33N3O2/c1-18-14-20-8-9-21(24(30)23(20)15-19(18)2)16-28-12-10-26(11-13-28)25(31)27-17-29(26)22-6-4-3-5-7-22/h3-7,14-15,21,24,30H,8-13,16-17H2,1-2H3,(H,27,31). The molecule has 164 valence electrons. The van der Waals surface area contributed by atoms with Gasteiger partial charge in [-0.05, 0) is 73.9 Å². The van der Waals surface area contributed by atoms with Gasteiger partial charge in [-0.3, -0.25) is 4.79 Å². The summed E-state index contributed by atoms with van der Waals surface area (Å²) in [5, 5.41) is 14.2. The Balaban J connectivity index is 1.27. The molecule has 0 saturated carbocycles. The van der Waals surface area contributed by atoms with Crippen LogP contribution in [0, 0.1) is 19.8 Å². The first-order valence-electron chi connectivity index (χ1n) is 11.6. The number of piperidine rings is 1. The monoisotopic (exact) mass is 419 g/mol. The number of aliphatic hydroxyl groups is 1. The zero-order valence-electron chi connectivity index (χ0n) is 18.6. The highest BCUT2D eigenvalue weighted by molar-refractivity contribution is 5.93. The van der Waals surface area contributed by atoms with Gasteiger partial charge in [-0.2, -0.15) is 0 Å². The van der Waals surface area contributed by atoms with Crippen LogP contribution < -0.4 is 10.2 Å². The summed E-state index contributed by atoms with van der Waals surface area (Å²) < 4.78 is 0. The Morgan fingerprint density at radius 2 is 1.81 bits per heavy atom. The molecule has 2 N–H and O–H groups in total.